The molecule has 25 heavy (non-hydrogen) atoms. The van der Waals surface area contributed by atoms with E-state index in [1.807, 2.05) is 18.2 Å². The van der Waals surface area contributed by atoms with Gasteiger partial charge in [-0.05, 0) is 49.1 Å². The number of nitrogens with one attached hydrogen (secondary N) is 2. The monoisotopic (exact) mass is 340 g/mol. The number of aliphatic hydroxyl groups is 1. The molecule has 3 N–H and O–H groups in total. The first-order chi connectivity index (χ1) is 12.1. The molecular formula is C18H17FN4O2. The summed E-state index contributed by atoms with van der Waals surface area (Å²) >= 11 is 0. The van der Waals surface area contributed by atoms with Crippen molar-refractivity contribution in [2.75, 3.05) is 0 Å². The average molecular weight is 340 g/mol. The lowest BCUT2D eigenvalue weighted by Crippen LogP contribution is -2.42. The number of carbonyl (C=O) groups excluding carboxylic acids is 1. The molecule has 2 heterocycles. The van der Waals surface area contributed by atoms with E-state index in [9.17, 15) is 14.3 Å². The maximum Gasteiger partial charge on any atom is 0.287 e. The van der Waals surface area contributed by atoms with E-state index in [2.05, 4.69) is 20.3 Å². The van der Waals surface area contributed by atoms with Crippen LogP contribution < -0.4 is 5.32 Å². The Labute approximate surface area is 143 Å². The topological polar surface area (TPSA) is 90.9 Å². The van der Waals surface area contributed by atoms with Gasteiger partial charge in [-0.15, -0.1) is 0 Å². The number of amides is 1. The number of carbonyl (C=O) groups is 1. The van der Waals surface area contributed by atoms with Crippen molar-refractivity contribution >= 4 is 16.9 Å². The molecule has 2 aromatic heterocycles. The van der Waals surface area contributed by atoms with Crippen LogP contribution in [0.1, 0.15) is 35.2 Å². The average Bonchev–Trinajstić information content (AvgIpc) is 3.01. The van der Waals surface area contributed by atoms with E-state index in [1.54, 1.807) is 6.20 Å². The van der Waals surface area contributed by atoms with Crippen LogP contribution in [0.25, 0.3) is 11.0 Å². The summed E-state index contributed by atoms with van der Waals surface area (Å²) in [5, 5.41) is 12.5. The van der Waals surface area contributed by atoms with Crippen molar-refractivity contribution in [3.63, 3.8) is 0 Å². The van der Waals surface area contributed by atoms with Crippen molar-refractivity contribution in [3.8, 4) is 0 Å². The SMILES string of the molecule is O=C(N[C@@H](c1ccccn1)C1CC(O)C1)c1nc2ccc(F)cc2[nH]1. The highest BCUT2D eigenvalue weighted by Crippen LogP contribution is 2.37. The highest BCUT2D eigenvalue weighted by Gasteiger charge is 2.36. The van der Waals surface area contributed by atoms with Gasteiger partial charge in [0.05, 0.1) is 28.9 Å². The maximum atomic E-state index is 13.3. The normalized spacial score (nSPS) is 20.9. The van der Waals surface area contributed by atoms with Gasteiger partial charge in [0.2, 0.25) is 0 Å². The number of fused-ring (bicyclic) bond motifs is 1. The first-order valence-corrected chi connectivity index (χ1v) is 8.15. The lowest BCUT2D eigenvalue weighted by Gasteiger charge is -2.37. The van der Waals surface area contributed by atoms with Crippen molar-refractivity contribution in [1.29, 1.82) is 0 Å². The number of hydrogen-bond acceptors (Lipinski definition) is 4. The molecule has 0 radical (unpaired) electrons. The molecule has 6 nitrogen and oxygen atoms in total. The first kappa shape index (κ1) is 15.7. The van der Waals surface area contributed by atoms with Crippen LogP contribution in [-0.2, 0) is 0 Å². The third kappa shape index (κ3) is 3.10. The molecule has 128 valence electrons. The molecule has 7 heteroatoms. The predicted molar refractivity (Wildman–Crippen MR) is 89.2 cm³/mol. The fourth-order valence-electron chi connectivity index (χ4n) is 3.19. The highest BCUT2D eigenvalue weighted by molar-refractivity contribution is 5.94. The summed E-state index contributed by atoms with van der Waals surface area (Å²) in [6, 6.07) is 9.35. The molecule has 4 rings (SSSR count). The molecule has 0 aliphatic heterocycles. The van der Waals surface area contributed by atoms with E-state index >= 15 is 0 Å². The second kappa shape index (κ2) is 6.25. The minimum Gasteiger partial charge on any atom is -0.393 e. The standard InChI is InChI=1S/C18H17FN4O2/c19-11-4-5-13-15(9-11)22-17(21-13)18(25)23-16(10-7-12(24)8-10)14-3-1-2-6-20-14/h1-6,9-10,12,16,24H,7-8H2,(H,21,22)(H,23,25)/t10?,12?,16-/m1/s1. The number of hydrogen-bond donors (Lipinski definition) is 3. The fraction of sp³-hybridized carbons (Fsp3) is 0.278. The number of pyridine rings is 1. The number of rotatable bonds is 4. The van der Waals surface area contributed by atoms with Gasteiger partial charge < -0.3 is 15.4 Å². The third-order valence-corrected chi connectivity index (χ3v) is 4.57. The van der Waals surface area contributed by atoms with Gasteiger partial charge in [0, 0.05) is 6.20 Å². The van der Waals surface area contributed by atoms with E-state index in [0.29, 0.717) is 23.9 Å². The number of halogens is 1. The molecule has 0 spiro atoms. The van der Waals surface area contributed by atoms with Gasteiger partial charge in [0.1, 0.15) is 5.82 Å². The zero-order valence-electron chi connectivity index (χ0n) is 13.3. The first-order valence-electron chi connectivity index (χ1n) is 8.15. The van der Waals surface area contributed by atoms with Gasteiger partial charge in [-0.25, -0.2) is 9.37 Å². The van der Waals surface area contributed by atoms with Gasteiger partial charge in [0.25, 0.3) is 5.91 Å². The van der Waals surface area contributed by atoms with Crippen LogP contribution >= 0.6 is 0 Å². The summed E-state index contributed by atoms with van der Waals surface area (Å²) in [6.45, 7) is 0. The van der Waals surface area contributed by atoms with Gasteiger partial charge in [-0.1, -0.05) is 6.07 Å². The lowest BCUT2D eigenvalue weighted by atomic mass is 9.76. The highest BCUT2D eigenvalue weighted by atomic mass is 19.1. The van der Waals surface area contributed by atoms with Gasteiger partial charge in [-0.2, -0.15) is 0 Å². The van der Waals surface area contributed by atoms with E-state index in [1.165, 1.54) is 18.2 Å². The number of imidazole rings is 1. The summed E-state index contributed by atoms with van der Waals surface area (Å²) in [7, 11) is 0. The number of benzene rings is 1. The fourth-order valence-corrected chi connectivity index (χ4v) is 3.19. The van der Waals surface area contributed by atoms with Crippen LogP contribution in [0, 0.1) is 11.7 Å². The molecule has 3 aromatic rings. The van der Waals surface area contributed by atoms with Crippen molar-refractivity contribution in [3.05, 3.63) is 59.9 Å². The van der Waals surface area contributed by atoms with Crippen molar-refractivity contribution in [2.45, 2.75) is 25.0 Å². The van der Waals surface area contributed by atoms with Crippen molar-refractivity contribution in [2.24, 2.45) is 5.92 Å². The molecular weight excluding hydrogens is 323 g/mol. The second-order valence-corrected chi connectivity index (χ2v) is 6.34. The summed E-state index contributed by atoms with van der Waals surface area (Å²) < 4.78 is 13.3. The molecule has 0 bridgehead atoms. The minimum atomic E-state index is -0.391. The molecule has 1 aromatic carbocycles. The van der Waals surface area contributed by atoms with Crippen molar-refractivity contribution in [1.82, 2.24) is 20.3 Å². The largest absolute Gasteiger partial charge is 0.393 e. The zero-order chi connectivity index (χ0) is 17.4. The summed E-state index contributed by atoms with van der Waals surface area (Å²) in [6.07, 6.45) is 2.58. The Hall–Kier alpha value is -2.80. The Kier molecular flexibility index (Phi) is 3.93. The Morgan fingerprint density at radius 1 is 1.32 bits per heavy atom. The third-order valence-electron chi connectivity index (χ3n) is 4.57. The zero-order valence-corrected chi connectivity index (χ0v) is 13.3. The Morgan fingerprint density at radius 3 is 2.88 bits per heavy atom. The van der Waals surface area contributed by atoms with Crippen LogP contribution in [0.5, 0.6) is 0 Å². The molecule has 1 fully saturated rings. The molecule has 1 aliphatic rings. The molecule has 0 unspecified atom stereocenters. The quantitative estimate of drug-likeness (QED) is 0.680. The van der Waals surface area contributed by atoms with E-state index in [0.717, 1.165) is 5.69 Å². The van der Waals surface area contributed by atoms with E-state index < -0.39 is 5.82 Å². The van der Waals surface area contributed by atoms with Gasteiger partial charge in [-0.3, -0.25) is 9.78 Å². The second-order valence-electron chi connectivity index (χ2n) is 6.34. The molecule has 1 atom stereocenters. The summed E-state index contributed by atoms with van der Waals surface area (Å²) in [5.74, 6) is -0.524. The lowest BCUT2D eigenvalue weighted by molar-refractivity contribution is 0.0227. The van der Waals surface area contributed by atoms with Gasteiger partial charge in [0.15, 0.2) is 5.82 Å². The predicted octanol–water partition coefficient (Wildman–Crippen LogP) is 2.34. The smallest absolute Gasteiger partial charge is 0.287 e. The molecule has 1 amide bonds. The van der Waals surface area contributed by atoms with Crippen molar-refractivity contribution < 1.29 is 14.3 Å². The molecule has 1 saturated carbocycles. The minimum absolute atomic E-state index is 0.121. The van der Waals surface area contributed by atoms with E-state index in [-0.39, 0.29) is 29.8 Å². The maximum absolute atomic E-state index is 13.3. The Morgan fingerprint density at radius 2 is 2.16 bits per heavy atom. The Balaban J connectivity index is 1.59. The Bertz CT molecular complexity index is 906. The molecule has 1 aliphatic carbocycles. The molecule has 0 saturated heterocycles. The van der Waals surface area contributed by atoms with Crippen LogP contribution in [-0.4, -0.2) is 32.1 Å². The van der Waals surface area contributed by atoms with Crippen LogP contribution in [0.4, 0.5) is 4.39 Å². The number of H-pyrrole nitrogens is 1. The number of aliphatic hydroxyl groups excluding tert-OH is 1. The number of aromatic amines is 1. The summed E-state index contributed by atoms with van der Waals surface area (Å²) in [5.41, 5.74) is 1.74. The van der Waals surface area contributed by atoms with Crippen LogP contribution in [0.2, 0.25) is 0 Å². The van der Waals surface area contributed by atoms with Crippen LogP contribution in [0.15, 0.2) is 42.6 Å². The number of nitrogens with zero attached hydrogens (tertiary/aromatic N) is 2. The summed E-state index contributed by atoms with van der Waals surface area (Å²) in [4.78, 5) is 24.0. The van der Waals surface area contributed by atoms with Gasteiger partial charge >= 0.3 is 0 Å². The van der Waals surface area contributed by atoms with Crippen LogP contribution in [0.3, 0.4) is 0 Å². The number of aromatic nitrogens is 3. The van der Waals surface area contributed by atoms with E-state index in [4.69, 9.17) is 0 Å².